The minimum absolute atomic E-state index is 0.106. The lowest BCUT2D eigenvalue weighted by molar-refractivity contribution is 0.184. The van der Waals surface area contributed by atoms with Crippen molar-refractivity contribution in [2.45, 2.75) is 19.6 Å². The van der Waals surface area contributed by atoms with Crippen LogP contribution in [0.4, 0.5) is 0 Å². The minimum atomic E-state index is 0.106. The van der Waals surface area contributed by atoms with Crippen LogP contribution in [0.3, 0.4) is 0 Å². The van der Waals surface area contributed by atoms with Crippen molar-refractivity contribution in [2.75, 3.05) is 13.2 Å². The van der Waals surface area contributed by atoms with Crippen LogP contribution in [0.1, 0.15) is 22.3 Å². The molecule has 0 saturated heterocycles. The van der Waals surface area contributed by atoms with Gasteiger partial charge in [-0.25, -0.2) is 0 Å². The summed E-state index contributed by atoms with van der Waals surface area (Å²) in [4.78, 5) is 2.17. The van der Waals surface area contributed by atoms with Gasteiger partial charge in [0.05, 0.1) is 31.0 Å². The van der Waals surface area contributed by atoms with E-state index >= 15 is 0 Å². The van der Waals surface area contributed by atoms with E-state index in [0.29, 0.717) is 12.1 Å². The van der Waals surface area contributed by atoms with Gasteiger partial charge in [0.2, 0.25) is 0 Å². The van der Waals surface area contributed by atoms with Crippen LogP contribution in [0, 0.1) is 11.3 Å². The molecule has 3 aromatic rings. The normalized spacial score (nSPS) is 10.8. The zero-order valence-corrected chi connectivity index (χ0v) is 14.6. The Balaban J connectivity index is 1.63. The van der Waals surface area contributed by atoms with E-state index in [-0.39, 0.29) is 6.61 Å². The second kappa shape index (κ2) is 8.95. The quantitative estimate of drug-likeness (QED) is 0.681. The maximum atomic E-state index is 9.37. The SMILES string of the molecule is N#Cc1ccc(CN(CCO)Cc2cnn(Cc3ccccc3)c2)cc1. The summed E-state index contributed by atoms with van der Waals surface area (Å²) in [5.74, 6) is 0. The van der Waals surface area contributed by atoms with Crippen molar-refractivity contribution in [2.24, 2.45) is 0 Å². The zero-order chi connectivity index (χ0) is 18.2. The molecule has 1 heterocycles. The third-order valence-electron chi connectivity index (χ3n) is 4.19. The van der Waals surface area contributed by atoms with Crippen LogP contribution in [0.2, 0.25) is 0 Å². The maximum Gasteiger partial charge on any atom is 0.0991 e. The first-order valence-corrected chi connectivity index (χ1v) is 8.64. The highest BCUT2D eigenvalue weighted by atomic mass is 16.3. The number of aromatic nitrogens is 2. The summed E-state index contributed by atoms with van der Waals surface area (Å²) in [5, 5.41) is 22.7. The standard InChI is InChI=1S/C21H22N4O/c22-12-18-6-8-20(9-7-18)14-24(10-11-26)15-21-13-23-25(17-21)16-19-4-2-1-3-5-19/h1-9,13,17,26H,10-11,14-16H2. The van der Waals surface area contributed by atoms with Gasteiger partial charge in [0, 0.05) is 31.4 Å². The van der Waals surface area contributed by atoms with Gasteiger partial charge >= 0.3 is 0 Å². The van der Waals surface area contributed by atoms with Crippen molar-refractivity contribution in [3.63, 3.8) is 0 Å². The van der Waals surface area contributed by atoms with E-state index < -0.39 is 0 Å². The Bertz CT molecular complexity index is 850. The van der Waals surface area contributed by atoms with Gasteiger partial charge in [-0.3, -0.25) is 9.58 Å². The molecule has 0 radical (unpaired) electrons. The Labute approximate surface area is 153 Å². The van der Waals surface area contributed by atoms with E-state index in [0.717, 1.165) is 30.8 Å². The van der Waals surface area contributed by atoms with Crippen molar-refractivity contribution in [1.29, 1.82) is 5.26 Å². The predicted octanol–water partition coefficient (Wildman–Crippen LogP) is 2.80. The molecule has 0 saturated carbocycles. The largest absolute Gasteiger partial charge is 0.395 e. The molecule has 0 fully saturated rings. The molecule has 0 aliphatic rings. The Morgan fingerprint density at radius 1 is 0.962 bits per heavy atom. The van der Waals surface area contributed by atoms with Crippen LogP contribution in [0.5, 0.6) is 0 Å². The molecule has 0 amide bonds. The van der Waals surface area contributed by atoms with E-state index in [2.05, 4.69) is 34.4 Å². The van der Waals surface area contributed by atoms with Gasteiger partial charge < -0.3 is 5.11 Å². The summed E-state index contributed by atoms with van der Waals surface area (Å²) in [5.41, 5.74) is 4.11. The Morgan fingerprint density at radius 3 is 2.38 bits per heavy atom. The van der Waals surface area contributed by atoms with Gasteiger partial charge in [0.1, 0.15) is 0 Å². The van der Waals surface area contributed by atoms with Gasteiger partial charge in [-0.1, -0.05) is 42.5 Å². The van der Waals surface area contributed by atoms with Crippen molar-refractivity contribution in [3.05, 3.63) is 89.2 Å². The molecule has 1 aromatic heterocycles. The molecule has 0 atom stereocenters. The zero-order valence-electron chi connectivity index (χ0n) is 14.6. The number of hydrogen-bond donors (Lipinski definition) is 1. The van der Waals surface area contributed by atoms with Crippen LogP contribution in [0.25, 0.3) is 0 Å². The third-order valence-corrected chi connectivity index (χ3v) is 4.19. The first-order valence-electron chi connectivity index (χ1n) is 8.64. The van der Waals surface area contributed by atoms with Gasteiger partial charge in [-0.05, 0) is 23.3 Å². The van der Waals surface area contributed by atoms with Crippen LogP contribution >= 0.6 is 0 Å². The summed E-state index contributed by atoms with van der Waals surface area (Å²) in [6.45, 7) is 2.88. The Hall–Kier alpha value is -2.94. The van der Waals surface area contributed by atoms with Gasteiger partial charge in [0.25, 0.3) is 0 Å². The van der Waals surface area contributed by atoms with Crippen molar-refractivity contribution < 1.29 is 5.11 Å². The summed E-state index contributed by atoms with van der Waals surface area (Å²) in [7, 11) is 0. The molecule has 0 spiro atoms. The lowest BCUT2D eigenvalue weighted by Crippen LogP contribution is -2.25. The average molecular weight is 346 g/mol. The Kier molecular flexibility index (Phi) is 6.15. The molecule has 0 aliphatic heterocycles. The fourth-order valence-corrected chi connectivity index (χ4v) is 2.90. The minimum Gasteiger partial charge on any atom is -0.395 e. The smallest absolute Gasteiger partial charge is 0.0991 e. The van der Waals surface area contributed by atoms with Crippen LogP contribution in [-0.4, -0.2) is 32.9 Å². The second-order valence-corrected chi connectivity index (χ2v) is 6.27. The lowest BCUT2D eigenvalue weighted by atomic mass is 10.1. The highest BCUT2D eigenvalue weighted by molar-refractivity contribution is 5.31. The lowest BCUT2D eigenvalue weighted by Gasteiger charge is -2.20. The molecular weight excluding hydrogens is 324 g/mol. The van der Waals surface area contributed by atoms with E-state index in [1.54, 1.807) is 0 Å². The molecule has 2 aromatic carbocycles. The fourth-order valence-electron chi connectivity index (χ4n) is 2.90. The topological polar surface area (TPSA) is 65.1 Å². The van der Waals surface area contributed by atoms with Crippen LogP contribution in [-0.2, 0) is 19.6 Å². The number of benzene rings is 2. The monoisotopic (exact) mass is 346 g/mol. The third kappa shape index (κ3) is 5.03. The predicted molar refractivity (Wildman–Crippen MR) is 100 cm³/mol. The maximum absolute atomic E-state index is 9.37. The number of hydrogen-bond acceptors (Lipinski definition) is 4. The summed E-state index contributed by atoms with van der Waals surface area (Å²) < 4.78 is 1.93. The Morgan fingerprint density at radius 2 is 1.69 bits per heavy atom. The molecule has 5 heteroatoms. The first kappa shape index (κ1) is 17.9. The molecule has 1 N–H and O–H groups in total. The summed E-state index contributed by atoms with van der Waals surface area (Å²) >= 11 is 0. The highest BCUT2D eigenvalue weighted by Gasteiger charge is 2.09. The van der Waals surface area contributed by atoms with Gasteiger partial charge in [-0.15, -0.1) is 0 Å². The summed E-state index contributed by atoms with van der Waals surface area (Å²) in [6.07, 6.45) is 3.93. The van der Waals surface area contributed by atoms with Crippen molar-refractivity contribution in [1.82, 2.24) is 14.7 Å². The highest BCUT2D eigenvalue weighted by Crippen LogP contribution is 2.11. The molecule has 3 rings (SSSR count). The van der Waals surface area contributed by atoms with Crippen LogP contribution in [0.15, 0.2) is 67.0 Å². The van der Waals surface area contributed by atoms with Crippen molar-refractivity contribution in [3.8, 4) is 6.07 Å². The van der Waals surface area contributed by atoms with Crippen LogP contribution < -0.4 is 0 Å². The molecular formula is C21H22N4O. The molecule has 0 unspecified atom stereocenters. The average Bonchev–Trinajstić information content (AvgIpc) is 3.10. The molecule has 0 aliphatic carbocycles. The van der Waals surface area contributed by atoms with E-state index in [4.69, 9.17) is 5.26 Å². The van der Waals surface area contributed by atoms with E-state index in [1.165, 1.54) is 5.56 Å². The number of aliphatic hydroxyl groups excluding tert-OH is 1. The molecule has 0 bridgehead atoms. The second-order valence-electron chi connectivity index (χ2n) is 6.27. The number of nitriles is 1. The molecule has 132 valence electrons. The number of nitrogens with zero attached hydrogens (tertiary/aromatic N) is 4. The number of aliphatic hydroxyl groups is 1. The summed E-state index contributed by atoms with van der Waals surface area (Å²) in [6, 6.07) is 19.9. The molecule has 26 heavy (non-hydrogen) atoms. The van der Waals surface area contributed by atoms with Gasteiger partial charge in [0.15, 0.2) is 0 Å². The number of rotatable bonds is 8. The fraction of sp³-hybridized carbons (Fsp3) is 0.238. The van der Waals surface area contributed by atoms with E-state index in [1.807, 2.05) is 53.3 Å². The first-order chi connectivity index (χ1) is 12.8. The van der Waals surface area contributed by atoms with E-state index in [9.17, 15) is 5.11 Å². The van der Waals surface area contributed by atoms with Crippen molar-refractivity contribution >= 4 is 0 Å². The molecule has 5 nitrogen and oxygen atoms in total. The van der Waals surface area contributed by atoms with Gasteiger partial charge in [-0.2, -0.15) is 10.4 Å².